The number of hydrogen-bond donors (Lipinski definition) is 1. The molecule has 1 atom stereocenters. The Kier molecular flexibility index (Phi) is 1.71. The van der Waals surface area contributed by atoms with E-state index in [1.165, 1.54) is 30.7 Å². The number of imidazole rings is 1. The lowest BCUT2D eigenvalue weighted by molar-refractivity contribution is 0.446. The Hall–Kier alpha value is -0.830. The van der Waals surface area contributed by atoms with Crippen molar-refractivity contribution in [2.75, 3.05) is 0 Å². The summed E-state index contributed by atoms with van der Waals surface area (Å²) < 4.78 is 2.34. The fourth-order valence-electron chi connectivity index (χ4n) is 2.48. The van der Waals surface area contributed by atoms with E-state index < -0.39 is 0 Å². The van der Waals surface area contributed by atoms with Crippen molar-refractivity contribution in [2.24, 2.45) is 5.73 Å². The maximum Gasteiger partial charge on any atom is 0.126 e. The normalized spacial score (nSPS) is 26.3. The SMILES string of the molecule is Cc1c(C2CC2)nc2n1CCCC2N. The third-order valence-corrected chi connectivity index (χ3v) is 3.48. The summed E-state index contributed by atoms with van der Waals surface area (Å²) in [5, 5.41) is 0. The molecule has 76 valence electrons. The zero-order chi connectivity index (χ0) is 9.71. The molecule has 2 aliphatic rings. The molecule has 1 fully saturated rings. The van der Waals surface area contributed by atoms with Crippen molar-refractivity contribution < 1.29 is 0 Å². The number of fused-ring (bicyclic) bond motifs is 1. The highest BCUT2D eigenvalue weighted by molar-refractivity contribution is 5.25. The lowest BCUT2D eigenvalue weighted by atomic mass is 10.1. The molecule has 3 rings (SSSR count). The van der Waals surface area contributed by atoms with Crippen molar-refractivity contribution in [3.05, 3.63) is 17.2 Å². The first-order valence-electron chi connectivity index (χ1n) is 5.60. The maximum atomic E-state index is 6.07. The minimum absolute atomic E-state index is 0.176. The Bertz CT molecular complexity index is 363. The van der Waals surface area contributed by atoms with E-state index in [1.54, 1.807) is 0 Å². The average molecular weight is 191 g/mol. The Morgan fingerprint density at radius 1 is 1.36 bits per heavy atom. The first kappa shape index (κ1) is 8.48. The largest absolute Gasteiger partial charge is 0.331 e. The van der Waals surface area contributed by atoms with Gasteiger partial charge in [-0.25, -0.2) is 4.98 Å². The van der Waals surface area contributed by atoms with Crippen molar-refractivity contribution in [3.63, 3.8) is 0 Å². The van der Waals surface area contributed by atoms with Gasteiger partial charge in [0.25, 0.3) is 0 Å². The lowest BCUT2D eigenvalue weighted by Crippen LogP contribution is -2.22. The van der Waals surface area contributed by atoms with E-state index in [0.29, 0.717) is 0 Å². The van der Waals surface area contributed by atoms with Crippen LogP contribution in [0.15, 0.2) is 0 Å². The fourth-order valence-corrected chi connectivity index (χ4v) is 2.48. The van der Waals surface area contributed by atoms with Crippen LogP contribution in [0.5, 0.6) is 0 Å². The van der Waals surface area contributed by atoms with E-state index in [-0.39, 0.29) is 6.04 Å². The van der Waals surface area contributed by atoms with Gasteiger partial charge in [0.05, 0.1) is 11.7 Å². The van der Waals surface area contributed by atoms with Crippen LogP contribution in [0.25, 0.3) is 0 Å². The smallest absolute Gasteiger partial charge is 0.126 e. The van der Waals surface area contributed by atoms with Gasteiger partial charge in [-0.15, -0.1) is 0 Å². The standard InChI is InChI=1S/C11H17N3/c1-7-10(8-4-5-8)13-11-9(12)3-2-6-14(7)11/h8-9H,2-6,12H2,1H3. The Morgan fingerprint density at radius 3 is 2.79 bits per heavy atom. The highest BCUT2D eigenvalue weighted by Crippen LogP contribution is 2.42. The molecule has 1 aromatic rings. The molecule has 2 heterocycles. The van der Waals surface area contributed by atoms with Crippen LogP contribution < -0.4 is 5.73 Å². The molecule has 14 heavy (non-hydrogen) atoms. The lowest BCUT2D eigenvalue weighted by Gasteiger charge is -2.20. The van der Waals surface area contributed by atoms with Gasteiger partial charge in [0.1, 0.15) is 5.82 Å². The second-order valence-corrected chi connectivity index (χ2v) is 4.62. The van der Waals surface area contributed by atoms with Gasteiger partial charge in [-0.3, -0.25) is 0 Å². The summed E-state index contributed by atoms with van der Waals surface area (Å²) in [7, 11) is 0. The molecule has 0 aromatic carbocycles. The van der Waals surface area contributed by atoms with E-state index in [0.717, 1.165) is 24.7 Å². The van der Waals surface area contributed by atoms with Crippen LogP contribution in [0.3, 0.4) is 0 Å². The van der Waals surface area contributed by atoms with Gasteiger partial charge in [0.2, 0.25) is 0 Å². The van der Waals surface area contributed by atoms with Gasteiger partial charge in [0.15, 0.2) is 0 Å². The molecule has 3 heteroatoms. The van der Waals surface area contributed by atoms with Crippen molar-refractivity contribution in [1.82, 2.24) is 9.55 Å². The molecule has 1 aliphatic heterocycles. The quantitative estimate of drug-likeness (QED) is 0.736. The molecule has 0 radical (unpaired) electrons. The summed E-state index contributed by atoms with van der Waals surface area (Å²) >= 11 is 0. The molecule has 2 N–H and O–H groups in total. The van der Waals surface area contributed by atoms with E-state index in [4.69, 9.17) is 10.7 Å². The van der Waals surface area contributed by atoms with E-state index in [2.05, 4.69) is 11.5 Å². The third-order valence-electron chi connectivity index (χ3n) is 3.48. The summed E-state index contributed by atoms with van der Waals surface area (Å²) in [4.78, 5) is 4.73. The molecule has 1 unspecified atom stereocenters. The van der Waals surface area contributed by atoms with Crippen molar-refractivity contribution >= 4 is 0 Å². The Balaban J connectivity index is 2.08. The molecular weight excluding hydrogens is 174 g/mol. The Morgan fingerprint density at radius 2 is 2.14 bits per heavy atom. The van der Waals surface area contributed by atoms with Crippen molar-refractivity contribution in [1.29, 1.82) is 0 Å². The minimum Gasteiger partial charge on any atom is -0.331 e. The van der Waals surface area contributed by atoms with Gasteiger partial charge in [-0.05, 0) is 32.6 Å². The molecule has 3 nitrogen and oxygen atoms in total. The number of nitrogens with zero attached hydrogens (tertiary/aromatic N) is 2. The molecule has 1 aliphatic carbocycles. The van der Waals surface area contributed by atoms with Gasteiger partial charge in [0, 0.05) is 18.2 Å². The second kappa shape index (κ2) is 2.83. The zero-order valence-electron chi connectivity index (χ0n) is 8.66. The number of rotatable bonds is 1. The van der Waals surface area contributed by atoms with Gasteiger partial charge >= 0.3 is 0 Å². The Labute approximate surface area is 84.3 Å². The number of aromatic nitrogens is 2. The first-order valence-corrected chi connectivity index (χ1v) is 5.60. The predicted octanol–water partition coefficient (Wildman–Crippen LogP) is 1.86. The number of hydrogen-bond acceptors (Lipinski definition) is 2. The van der Waals surface area contributed by atoms with Crippen LogP contribution in [0, 0.1) is 6.92 Å². The third kappa shape index (κ3) is 1.12. The summed E-state index contributed by atoms with van der Waals surface area (Å²) in [6.07, 6.45) is 4.95. The molecular formula is C11H17N3. The van der Waals surface area contributed by atoms with Gasteiger partial charge in [-0.2, -0.15) is 0 Å². The van der Waals surface area contributed by atoms with Crippen LogP contribution in [0.4, 0.5) is 0 Å². The maximum absolute atomic E-state index is 6.07. The van der Waals surface area contributed by atoms with Crippen LogP contribution in [0.1, 0.15) is 54.9 Å². The zero-order valence-corrected chi connectivity index (χ0v) is 8.66. The van der Waals surface area contributed by atoms with E-state index >= 15 is 0 Å². The molecule has 1 aromatic heterocycles. The molecule has 0 amide bonds. The molecule has 0 saturated heterocycles. The van der Waals surface area contributed by atoms with Gasteiger partial charge in [-0.1, -0.05) is 0 Å². The van der Waals surface area contributed by atoms with Gasteiger partial charge < -0.3 is 10.3 Å². The molecule has 0 bridgehead atoms. The predicted molar refractivity (Wildman–Crippen MR) is 55.1 cm³/mol. The van der Waals surface area contributed by atoms with Crippen LogP contribution >= 0.6 is 0 Å². The average Bonchev–Trinajstić information content (AvgIpc) is 2.94. The van der Waals surface area contributed by atoms with Crippen molar-refractivity contribution in [2.45, 2.75) is 51.1 Å². The molecule has 1 saturated carbocycles. The molecule has 0 spiro atoms. The minimum atomic E-state index is 0.176. The summed E-state index contributed by atoms with van der Waals surface area (Å²) in [5.41, 5.74) is 8.77. The summed E-state index contributed by atoms with van der Waals surface area (Å²) in [6.45, 7) is 3.32. The second-order valence-electron chi connectivity index (χ2n) is 4.62. The summed E-state index contributed by atoms with van der Waals surface area (Å²) in [6, 6.07) is 0.176. The highest BCUT2D eigenvalue weighted by Gasteiger charge is 2.31. The van der Waals surface area contributed by atoms with E-state index in [9.17, 15) is 0 Å². The van der Waals surface area contributed by atoms with E-state index in [1.807, 2.05) is 0 Å². The first-order chi connectivity index (χ1) is 6.77. The fraction of sp³-hybridized carbons (Fsp3) is 0.727. The topological polar surface area (TPSA) is 43.8 Å². The monoisotopic (exact) mass is 191 g/mol. The van der Waals surface area contributed by atoms with Crippen LogP contribution in [-0.2, 0) is 6.54 Å². The van der Waals surface area contributed by atoms with Crippen LogP contribution in [-0.4, -0.2) is 9.55 Å². The summed E-state index contributed by atoms with van der Waals surface area (Å²) in [5.74, 6) is 1.89. The van der Waals surface area contributed by atoms with Crippen molar-refractivity contribution in [3.8, 4) is 0 Å². The van der Waals surface area contributed by atoms with Crippen LogP contribution in [0.2, 0.25) is 0 Å². The number of nitrogens with two attached hydrogens (primary N) is 1. The highest BCUT2D eigenvalue weighted by atomic mass is 15.1.